The lowest BCUT2D eigenvalue weighted by Gasteiger charge is -2.34. The third-order valence-corrected chi connectivity index (χ3v) is 4.29. The lowest BCUT2D eigenvalue weighted by molar-refractivity contribution is -0.136. The number of pyridine rings is 1. The molecule has 0 radical (unpaired) electrons. The van der Waals surface area contributed by atoms with Crippen LogP contribution in [-0.4, -0.2) is 60.6 Å². The van der Waals surface area contributed by atoms with Crippen LogP contribution >= 0.6 is 0 Å². The summed E-state index contributed by atoms with van der Waals surface area (Å²) in [5, 5.41) is 1.18. The number of rotatable bonds is 4. The number of carbonyl (C=O) groups excluding carboxylic acids is 1. The molecule has 5 heteroatoms. The summed E-state index contributed by atoms with van der Waals surface area (Å²) in [4.78, 5) is 20.6. The van der Waals surface area contributed by atoms with E-state index in [1.54, 1.807) is 7.11 Å². The third-order valence-electron chi connectivity index (χ3n) is 4.29. The summed E-state index contributed by atoms with van der Waals surface area (Å²) in [6.07, 6.45) is 0. The van der Waals surface area contributed by atoms with E-state index in [1.807, 2.05) is 17.9 Å². The molecule has 23 heavy (non-hydrogen) atoms. The van der Waals surface area contributed by atoms with Gasteiger partial charge < -0.3 is 9.64 Å². The van der Waals surface area contributed by atoms with Crippen molar-refractivity contribution in [1.82, 2.24) is 14.8 Å². The third kappa shape index (κ3) is 3.86. The number of nitrogens with zero attached hydrogens (tertiary/aromatic N) is 3. The number of methoxy groups -OCH3 is 1. The Morgan fingerprint density at radius 2 is 1.96 bits per heavy atom. The summed E-state index contributed by atoms with van der Waals surface area (Å²) in [6, 6.07) is 10.6. The van der Waals surface area contributed by atoms with Crippen LogP contribution in [0.5, 0.6) is 0 Å². The summed E-state index contributed by atoms with van der Waals surface area (Å²) in [5.74, 6) is 0.0827. The molecule has 1 fully saturated rings. The highest BCUT2D eigenvalue weighted by Crippen LogP contribution is 2.17. The molecule has 2 aromatic rings. The molecular weight excluding hydrogens is 290 g/mol. The van der Waals surface area contributed by atoms with Gasteiger partial charge in [-0.3, -0.25) is 14.7 Å². The number of piperazine rings is 1. The van der Waals surface area contributed by atoms with E-state index in [1.165, 1.54) is 10.9 Å². The highest BCUT2D eigenvalue weighted by atomic mass is 16.5. The van der Waals surface area contributed by atoms with Gasteiger partial charge in [0.15, 0.2) is 0 Å². The van der Waals surface area contributed by atoms with Crippen molar-refractivity contribution in [2.45, 2.75) is 13.5 Å². The predicted molar refractivity (Wildman–Crippen MR) is 90.2 cm³/mol. The molecule has 1 aromatic heterocycles. The first-order chi connectivity index (χ1) is 11.2. The van der Waals surface area contributed by atoms with E-state index in [0.717, 1.165) is 43.9 Å². The average molecular weight is 313 g/mol. The molecule has 1 saturated heterocycles. The second kappa shape index (κ2) is 7.06. The summed E-state index contributed by atoms with van der Waals surface area (Å²) in [7, 11) is 1.56. The minimum Gasteiger partial charge on any atom is -0.375 e. The van der Waals surface area contributed by atoms with Crippen LogP contribution in [0.4, 0.5) is 0 Å². The molecule has 2 heterocycles. The van der Waals surface area contributed by atoms with Crippen LogP contribution < -0.4 is 0 Å². The number of hydrogen-bond donors (Lipinski definition) is 0. The van der Waals surface area contributed by atoms with Crippen molar-refractivity contribution in [2.75, 3.05) is 39.9 Å². The molecule has 0 aliphatic carbocycles. The minimum absolute atomic E-state index is 0.0827. The Labute approximate surface area is 136 Å². The van der Waals surface area contributed by atoms with E-state index in [2.05, 4.69) is 34.1 Å². The Morgan fingerprint density at radius 1 is 1.17 bits per heavy atom. The van der Waals surface area contributed by atoms with Crippen molar-refractivity contribution in [3.05, 3.63) is 41.6 Å². The monoisotopic (exact) mass is 313 g/mol. The van der Waals surface area contributed by atoms with Gasteiger partial charge in [-0.05, 0) is 30.7 Å². The number of ether oxygens (including phenoxy) is 1. The Bertz CT molecular complexity index is 694. The maximum Gasteiger partial charge on any atom is 0.248 e. The normalized spacial score (nSPS) is 16.0. The number of hydrogen-bond acceptors (Lipinski definition) is 4. The first-order valence-electron chi connectivity index (χ1n) is 8.01. The van der Waals surface area contributed by atoms with E-state index < -0.39 is 0 Å². The largest absolute Gasteiger partial charge is 0.375 e. The zero-order chi connectivity index (χ0) is 16.2. The van der Waals surface area contributed by atoms with Crippen molar-refractivity contribution in [3.63, 3.8) is 0 Å². The minimum atomic E-state index is 0.0827. The Kier molecular flexibility index (Phi) is 4.88. The second-order valence-electron chi connectivity index (χ2n) is 6.07. The number of amides is 1. The SMILES string of the molecule is COCC(=O)N1CCN(Cc2ccc3nc(C)ccc3c2)CC1. The van der Waals surface area contributed by atoms with Gasteiger partial charge in [-0.15, -0.1) is 0 Å². The summed E-state index contributed by atoms with van der Waals surface area (Å²) in [6.45, 7) is 6.46. The van der Waals surface area contributed by atoms with E-state index >= 15 is 0 Å². The van der Waals surface area contributed by atoms with Crippen LogP contribution in [0, 0.1) is 6.92 Å². The average Bonchev–Trinajstić information content (AvgIpc) is 2.56. The van der Waals surface area contributed by atoms with Crippen molar-refractivity contribution in [3.8, 4) is 0 Å². The summed E-state index contributed by atoms with van der Waals surface area (Å²) >= 11 is 0. The van der Waals surface area contributed by atoms with Gasteiger partial charge in [0, 0.05) is 50.9 Å². The first kappa shape index (κ1) is 15.9. The van der Waals surface area contributed by atoms with E-state index in [0.29, 0.717) is 0 Å². The molecular formula is C18H23N3O2. The maximum absolute atomic E-state index is 11.8. The number of fused-ring (bicyclic) bond motifs is 1. The zero-order valence-electron chi connectivity index (χ0n) is 13.8. The lowest BCUT2D eigenvalue weighted by atomic mass is 10.1. The topological polar surface area (TPSA) is 45.7 Å². The highest BCUT2D eigenvalue weighted by Gasteiger charge is 2.20. The fraction of sp³-hybridized carbons (Fsp3) is 0.444. The fourth-order valence-electron chi connectivity index (χ4n) is 3.00. The van der Waals surface area contributed by atoms with Gasteiger partial charge >= 0.3 is 0 Å². The Morgan fingerprint density at radius 3 is 2.70 bits per heavy atom. The molecule has 0 atom stereocenters. The van der Waals surface area contributed by atoms with E-state index in [4.69, 9.17) is 4.74 Å². The molecule has 1 aromatic carbocycles. The van der Waals surface area contributed by atoms with Gasteiger partial charge in [0.25, 0.3) is 0 Å². The number of aryl methyl sites for hydroxylation is 1. The van der Waals surface area contributed by atoms with Gasteiger partial charge in [0.1, 0.15) is 6.61 Å². The van der Waals surface area contributed by atoms with Gasteiger partial charge in [0.2, 0.25) is 5.91 Å². The van der Waals surface area contributed by atoms with Crippen molar-refractivity contribution >= 4 is 16.8 Å². The van der Waals surface area contributed by atoms with Gasteiger partial charge in [0.05, 0.1) is 5.52 Å². The van der Waals surface area contributed by atoms with Crippen LogP contribution in [-0.2, 0) is 16.1 Å². The number of aromatic nitrogens is 1. The fourth-order valence-corrected chi connectivity index (χ4v) is 3.00. The van der Waals surface area contributed by atoms with Crippen LogP contribution in [0.25, 0.3) is 10.9 Å². The molecule has 1 aliphatic heterocycles. The molecule has 3 rings (SSSR count). The van der Waals surface area contributed by atoms with E-state index in [-0.39, 0.29) is 12.5 Å². The molecule has 0 spiro atoms. The standard InChI is InChI=1S/C18H23N3O2/c1-14-3-5-16-11-15(4-6-17(16)19-14)12-20-7-9-21(10-8-20)18(22)13-23-2/h3-6,11H,7-10,12-13H2,1-2H3. The predicted octanol–water partition coefficient (Wildman–Crippen LogP) is 1.83. The Balaban J connectivity index is 1.60. The number of carbonyl (C=O) groups is 1. The van der Waals surface area contributed by atoms with Crippen LogP contribution in [0.3, 0.4) is 0 Å². The first-order valence-corrected chi connectivity index (χ1v) is 8.01. The maximum atomic E-state index is 11.8. The molecule has 1 aliphatic rings. The summed E-state index contributed by atoms with van der Waals surface area (Å²) in [5.41, 5.74) is 3.38. The second-order valence-corrected chi connectivity index (χ2v) is 6.07. The molecule has 0 N–H and O–H groups in total. The van der Waals surface area contributed by atoms with Gasteiger partial charge in [-0.1, -0.05) is 12.1 Å². The van der Waals surface area contributed by atoms with E-state index in [9.17, 15) is 4.79 Å². The molecule has 0 bridgehead atoms. The molecule has 5 nitrogen and oxygen atoms in total. The molecule has 122 valence electrons. The van der Waals surface area contributed by atoms with Crippen molar-refractivity contribution in [2.24, 2.45) is 0 Å². The lowest BCUT2D eigenvalue weighted by Crippen LogP contribution is -2.49. The smallest absolute Gasteiger partial charge is 0.248 e. The van der Waals surface area contributed by atoms with Crippen molar-refractivity contribution in [1.29, 1.82) is 0 Å². The molecule has 0 saturated carbocycles. The molecule has 0 unspecified atom stereocenters. The van der Waals surface area contributed by atoms with Gasteiger partial charge in [-0.2, -0.15) is 0 Å². The van der Waals surface area contributed by atoms with Crippen LogP contribution in [0.2, 0.25) is 0 Å². The quantitative estimate of drug-likeness (QED) is 0.864. The van der Waals surface area contributed by atoms with Gasteiger partial charge in [-0.25, -0.2) is 0 Å². The van der Waals surface area contributed by atoms with Crippen molar-refractivity contribution < 1.29 is 9.53 Å². The van der Waals surface area contributed by atoms with Crippen LogP contribution in [0.15, 0.2) is 30.3 Å². The zero-order valence-corrected chi connectivity index (χ0v) is 13.8. The number of benzene rings is 1. The molecule has 1 amide bonds. The Hall–Kier alpha value is -1.98. The van der Waals surface area contributed by atoms with Crippen LogP contribution in [0.1, 0.15) is 11.3 Å². The highest BCUT2D eigenvalue weighted by molar-refractivity contribution is 5.79. The summed E-state index contributed by atoms with van der Waals surface area (Å²) < 4.78 is 4.92.